The molecule has 0 aliphatic carbocycles. The van der Waals surface area contributed by atoms with Gasteiger partial charge in [-0.15, -0.1) is 0 Å². The lowest BCUT2D eigenvalue weighted by molar-refractivity contribution is -0.384. The minimum absolute atomic E-state index is 0.115. The first-order valence-corrected chi connectivity index (χ1v) is 10.5. The molecule has 0 aromatic heterocycles. The summed E-state index contributed by atoms with van der Waals surface area (Å²) in [7, 11) is 0. The third kappa shape index (κ3) is 11.8. The summed E-state index contributed by atoms with van der Waals surface area (Å²) in [6, 6.07) is 4.13. The summed E-state index contributed by atoms with van der Waals surface area (Å²) in [5, 5.41) is 15.1. The quantitative estimate of drug-likeness (QED) is 0.245. The smallest absolute Gasteiger partial charge is 0.414 e. The SMILES string of the molecule is CC(C)(C)OC(=O)NC(=O)CC[C@H](NC(=O)OC(C)(C)C)C(=O)OCc1ccc([N+](=O)[O-])cc1. The van der Waals surface area contributed by atoms with Gasteiger partial charge in [0.2, 0.25) is 5.91 Å². The number of nitrogens with zero attached hydrogens (tertiary/aromatic N) is 1. The zero-order chi connectivity index (χ0) is 26.1. The molecule has 0 aliphatic heterocycles. The van der Waals surface area contributed by atoms with Crippen molar-refractivity contribution in [3.05, 3.63) is 39.9 Å². The van der Waals surface area contributed by atoms with Crippen LogP contribution in [-0.4, -0.2) is 46.2 Å². The van der Waals surface area contributed by atoms with Crippen LogP contribution in [-0.2, 0) is 30.4 Å². The Morgan fingerprint density at radius 2 is 1.47 bits per heavy atom. The first-order chi connectivity index (χ1) is 15.6. The number of ether oxygens (including phenoxy) is 3. The highest BCUT2D eigenvalue weighted by molar-refractivity contribution is 5.92. The molecule has 1 aromatic carbocycles. The molecule has 34 heavy (non-hydrogen) atoms. The number of rotatable bonds is 8. The molecule has 0 fully saturated rings. The van der Waals surface area contributed by atoms with Crippen LogP contribution in [0.3, 0.4) is 0 Å². The van der Waals surface area contributed by atoms with Crippen LogP contribution < -0.4 is 10.6 Å². The number of alkyl carbamates (subject to hydrolysis) is 2. The van der Waals surface area contributed by atoms with Crippen molar-refractivity contribution >= 4 is 29.8 Å². The lowest BCUT2D eigenvalue weighted by Crippen LogP contribution is -2.45. The molecule has 0 spiro atoms. The van der Waals surface area contributed by atoms with Crippen LogP contribution in [0.5, 0.6) is 0 Å². The van der Waals surface area contributed by atoms with Crippen LogP contribution in [0.4, 0.5) is 15.3 Å². The number of amides is 3. The second-order valence-electron chi connectivity index (χ2n) is 9.32. The van der Waals surface area contributed by atoms with E-state index in [1.807, 2.05) is 5.32 Å². The summed E-state index contributed by atoms with van der Waals surface area (Å²) in [6.07, 6.45) is -2.31. The highest BCUT2D eigenvalue weighted by atomic mass is 16.6. The van der Waals surface area contributed by atoms with Gasteiger partial charge in [0.15, 0.2) is 0 Å². The maximum absolute atomic E-state index is 12.6. The first kappa shape index (κ1) is 28.3. The largest absolute Gasteiger partial charge is 0.459 e. The molecule has 1 atom stereocenters. The van der Waals surface area contributed by atoms with E-state index in [0.29, 0.717) is 5.56 Å². The van der Waals surface area contributed by atoms with Crippen molar-refractivity contribution in [1.29, 1.82) is 0 Å². The number of non-ortho nitro benzene ring substituents is 1. The Labute approximate surface area is 197 Å². The van der Waals surface area contributed by atoms with Crippen LogP contribution in [0.15, 0.2) is 24.3 Å². The maximum Gasteiger partial charge on any atom is 0.414 e. The number of imide groups is 1. The van der Waals surface area contributed by atoms with Gasteiger partial charge in [0.25, 0.3) is 5.69 Å². The molecule has 12 heteroatoms. The number of esters is 1. The van der Waals surface area contributed by atoms with Gasteiger partial charge in [-0.05, 0) is 65.7 Å². The van der Waals surface area contributed by atoms with Crippen molar-refractivity contribution in [2.45, 2.75) is 78.2 Å². The zero-order valence-electron chi connectivity index (χ0n) is 20.1. The molecule has 1 aromatic rings. The lowest BCUT2D eigenvalue weighted by atomic mass is 10.1. The number of nitro benzene ring substituents is 1. The first-order valence-electron chi connectivity index (χ1n) is 10.5. The molecular weight excluding hydrogens is 450 g/mol. The number of hydrogen-bond acceptors (Lipinski definition) is 9. The molecule has 0 unspecified atom stereocenters. The average Bonchev–Trinajstić information content (AvgIpc) is 2.66. The molecule has 2 N–H and O–H groups in total. The van der Waals surface area contributed by atoms with Crippen molar-refractivity contribution in [3.63, 3.8) is 0 Å². The van der Waals surface area contributed by atoms with Crippen molar-refractivity contribution in [2.24, 2.45) is 0 Å². The average molecular weight is 482 g/mol. The molecule has 0 saturated carbocycles. The number of carbonyl (C=O) groups excluding carboxylic acids is 4. The van der Waals surface area contributed by atoms with Gasteiger partial charge >= 0.3 is 18.2 Å². The van der Waals surface area contributed by atoms with Crippen LogP contribution >= 0.6 is 0 Å². The Bertz CT molecular complexity index is 900. The Morgan fingerprint density at radius 3 is 1.97 bits per heavy atom. The topological polar surface area (TPSA) is 163 Å². The van der Waals surface area contributed by atoms with E-state index < -0.39 is 46.2 Å². The van der Waals surface area contributed by atoms with Gasteiger partial charge < -0.3 is 19.5 Å². The van der Waals surface area contributed by atoms with E-state index in [4.69, 9.17) is 14.2 Å². The van der Waals surface area contributed by atoms with Crippen LogP contribution in [0, 0.1) is 10.1 Å². The third-order valence-corrected chi connectivity index (χ3v) is 3.80. The molecule has 3 amide bonds. The fourth-order valence-electron chi connectivity index (χ4n) is 2.42. The zero-order valence-corrected chi connectivity index (χ0v) is 20.1. The van der Waals surface area contributed by atoms with Gasteiger partial charge in [0, 0.05) is 18.6 Å². The Morgan fingerprint density at radius 1 is 0.941 bits per heavy atom. The van der Waals surface area contributed by atoms with Crippen LogP contribution in [0.2, 0.25) is 0 Å². The van der Waals surface area contributed by atoms with Crippen molar-refractivity contribution in [3.8, 4) is 0 Å². The summed E-state index contributed by atoms with van der Waals surface area (Å²) in [5.74, 6) is -1.57. The van der Waals surface area contributed by atoms with Gasteiger partial charge in [-0.1, -0.05) is 0 Å². The molecule has 0 radical (unpaired) electrons. The highest BCUT2D eigenvalue weighted by Crippen LogP contribution is 2.14. The molecular formula is C22H31N3O9. The third-order valence-electron chi connectivity index (χ3n) is 3.80. The number of carbonyl (C=O) groups is 4. The van der Waals surface area contributed by atoms with Gasteiger partial charge in [0.05, 0.1) is 4.92 Å². The van der Waals surface area contributed by atoms with E-state index in [1.165, 1.54) is 24.3 Å². The predicted molar refractivity (Wildman–Crippen MR) is 120 cm³/mol. The Hall–Kier alpha value is -3.70. The number of hydrogen-bond donors (Lipinski definition) is 2. The molecule has 0 aliphatic rings. The van der Waals surface area contributed by atoms with E-state index >= 15 is 0 Å². The van der Waals surface area contributed by atoms with Gasteiger partial charge in [-0.25, -0.2) is 14.4 Å². The molecule has 12 nitrogen and oxygen atoms in total. The monoisotopic (exact) mass is 481 g/mol. The summed E-state index contributed by atoms with van der Waals surface area (Å²) in [5.41, 5.74) is -1.26. The maximum atomic E-state index is 12.6. The number of nitro groups is 1. The summed E-state index contributed by atoms with van der Waals surface area (Å²) in [6.45, 7) is 9.62. The van der Waals surface area contributed by atoms with E-state index in [0.717, 1.165) is 0 Å². The summed E-state index contributed by atoms with van der Waals surface area (Å²) in [4.78, 5) is 58.7. The van der Waals surface area contributed by atoms with E-state index in [1.54, 1.807) is 41.5 Å². The Balaban J connectivity index is 2.77. The van der Waals surface area contributed by atoms with E-state index in [2.05, 4.69) is 5.32 Å². The number of benzene rings is 1. The van der Waals surface area contributed by atoms with Crippen molar-refractivity contribution < 1.29 is 38.3 Å². The normalized spacial score (nSPS) is 12.2. The molecule has 0 bridgehead atoms. The fourth-order valence-corrected chi connectivity index (χ4v) is 2.42. The van der Waals surface area contributed by atoms with E-state index in [-0.39, 0.29) is 25.1 Å². The van der Waals surface area contributed by atoms with Crippen molar-refractivity contribution in [1.82, 2.24) is 10.6 Å². The highest BCUT2D eigenvalue weighted by Gasteiger charge is 2.27. The van der Waals surface area contributed by atoms with E-state index in [9.17, 15) is 29.3 Å². The standard InChI is InChI=1S/C22H31N3O9/c1-21(2,3)33-19(28)23-16(11-12-17(26)24-20(29)34-22(4,5)6)18(27)32-13-14-7-9-15(10-8-14)25(30)31/h7-10,16H,11-13H2,1-6H3,(H,23,28)(H,24,26,29)/t16-/m0/s1. The van der Waals surface area contributed by atoms with Crippen LogP contribution in [0.25, 0.3) is 0 Å². The summed E-state index contributed by atoms with van der Waals surface area (Å²) >= 11 is 0. The number of nitrogens with one attached hydrogen (secondary N) is 2. The second-order valence-corrected chi connectivity index (χ2v) is 9.32. The Kier molecular flexibility index (Phi) is 9.96. The lowest BCUT2D eigenvalue weighted by Gasteiger charge is -2.23. The minimum Gasteiger partial charge on any atom is -0.459 e. The van der Waals surface area contributed by atoms with Gasteiger partial charge in [0.1, 0.15) is 23.9 Å². The molecule has 0 saturated heterocycles. The fraction of sp³-hybridized carbons (Fsp3) is 0.545. The minimum atomic E-state index is -1.25. The van der Waals surface area contributed by atoms with Crippen molar-refractivity contribution in [2.75, 3.05) is 0 Å². The molecule has 0 heterocycles. The molecule has 1 rings (SSSR count). The van der Waals surface area contributed by atoms with Gasteiger partial charge in [-0.3, -0.25) is 20.2 Å². The second kappa shape index (κ2) is 12.0. The van der Waals surface area contributed by atoms with Gasteiger partial charge in [-0.2, -0.15) is 0 Å². The summed E-state index contributed by atoms with van der Waals surface area (Å²) < 4.78 is 15.3. The molecule has 188 valence electrons. The predicted octanol–water partition coefficient (Wildman–Crippen LogP) is 3.36. The van der Waals surface area contributed by atoms with Crippen LogP contribution in [0.1, 0.15) is 59.9 Å².